The summed E-state index contributed by atoms with van der Waals surface area (Å²) in [7, 11) is 3.45. The molecule has 0 saturated heterocycles. The van der Waals surface area contributed by atoms with Crippen molar-refractivity contribution >= 4 is 24.0 Å². The second-order valence-electron chi connectivity index (χ2n) is 5.46. The number of nitrogens with zero attached hydrogens (tertiary/aromatic N) is 6. The maximum atomic E-state index is 14.1. The van der Waals surface area contributed by atoms with Crippen LogP contribution in [0, 0.1) is 12.7 Å². The van der Waals surface area contributed by atoms with Crippen molar-refractivity contribution in [1.82, 2.24) is 35.3 Å². The number of tetrazole rings is 1. The van der Waals surface area contributed by atoms with E-state index in [-0.39, 0.29) is 24.0 Å². The minimum absolute atomic E-state index is 0. The predicted molar refractivity (Wildman–Crippen MR) is 94.7 cm³/mol. The average Bonchev–Trinajstić information content (AvgIpc) is 3.19. The molecule has 3 rings (SSSR count). The van der Waals surface area contributed by atoms with Gasteiger partial charge in [0, 0.05) is 24.5 Å². The SMILES string of the molecule is CNC(C(=O)Nc1ccc(F)c(-n2nnnc2C)c1)c1cnn(C)c1.Cl. The van der Waals surface area contributed by atoms with Crippen molar-refractivity contribution in [2.75, 3.05) is 12.4 Å². The first kappa shape index (κ1) is 19.5. The molecule has 0 bridgehead atoms. The van der Waals surface area contributed by atoms with Gasteiger partial charge in [-0.3, -0.25) is 9.48 Å². The summed E-state index contributed by atoms with van der Waals surface area (Å²) in [6.07, 6.45) is 3.36. The molecule has 0 radical (unpaired) electrons. The van der Waals surface area contributed by atoms with Gasteiger partial charge in [0.15, 0.2) is 5.82 Å². The van der Waals surface area contributed by atoms with Gasteiger partial charge in [0.05, 0.1) is 6.20 Å². The van der Waals surface area contributed by atoms with E-state index in [4.69, 9.17) is 0 Å². The number of hydrogen-bond acceptors (Lipinski definition) is 6. The molecule has 1 aromatic carbocycles. The zero-order valence-electron chi connectivity index (χ0n) is 14.3. The molecule has 0 spiro atoms. The van der Waals surface area contributed by atoms with Crippen molar-refractivity contribution in [3.05, 3.63) is 47.8 Å². The maximum Gasteiger partial charge on any atom is 0.246 e. The van der Waals surface area contributed by atoms with Crippen LogP contribution in [0.25, 0.3) is 5.69 Å². The van der Waals surface area contributed by atoms with Crippen molar-refractivity contribution in [2.24, 2.45) is 7.05 Å². The minimum atomic E-state index is -0.586. The van der Waals surface area contributed by atoms with E-state index in [0.29, 0.717) is 11.5 Å². The average molecular weight is 381 g/mol. The topological polar surface area (TPSA) is 103 Å². The first-order chi connectivity index (χ1) is 12.0. The van der Waals surface area contributed by atoms with Crippen LogP contribution in [0.3, 0.4) is 0 Å². The van der Waals surface area contributed by atoms with Gasteiger partial charge in [-0.1, -0.05) is 0 Å². The Morgan fingerprint density at radius 3 is 2.69 bits per heavy atom. The molecule has 0 aliphatic rings. The molecule has 1 amide bonds. The standard InChI is InChI=1S/C15H17FN8O.ClH/c1-9-20-21-22-24(9)13-6-11(4-5-12(13)16)19-15(25)14(17-2)10-7-18-23(3)8-10;/h4-8,14,17H,1-3H3,(H,19,25);1H. The van der Waals surface area contributed by atoms with Crippen LogP contribution in [0.5, 0.6) is 0 Å². The van der Waals surface area contributed by atoms with E-state index in [0.717, 1.165) is 5.56 Å². The lowest BCUT2D eigenvalue weighted by Crippen LogP contribution is -2.30. The fourth-order valence-electron chi connectivity index (χ4n) is 2.46. The van der Waals surface area contributed by atoms with Gasteiger partial charge in [0.25, 0.3) is 0 Å². The van der Waals surface area contributed by atoms with Crippen LogP contribution in [-0.2, 0) is 11.8 Å². The molecular formula is C15H18ClFN8O. The van der Waals surface area contributed by atoms with Crippen molar-refractivity contribution in [2.45, 2.75) is 13.0 Å². The zero-order valence-corrected chi connectivity index (χ0v) is 15.2. The summed E-state index contributed by atoms with van der Waals surface area (Å²) in [6.45, 7) is 1.66. The number of hydrogen-bond donors (Lipinski definition) is 2. The van der Waals surface area contributed by atoms with Crippen molar-refractivity contribution in [1.29, 1.82) is 0 Å². The summed E-state index contributed by atoms with van der Waals surface area (Å²) in [5, 5.41) is 20.8. The van der Waals surface area contributed by atoms with Crippen LogP contribution in [0.4, 0.5) is 10.1 Å². The molecule has 1 atom stereocenters. The summed E-state index contributed by atoms with van der Waals surface area (Å²) < 4.78 is 17.0. The first-order valence-electron chi connectivity index (χ1n) is 7.51. The van der Waals surface area contributed by atoms with E-state index in [1.807, 2.05) is 0 Å². The monoisotopic (exact) mass is 380 g/mol. The Kier molecular flexibility index (Phi) is 6.01. The summed E-state index contributed by atoms with van der Waals surface area (Å²) in [4.78, 5) is 12.6. The van der Waals surface area contributed by atoms with E-state index in [1.165, 1.54) is 22.9 Å². The lowest BCUT2D eigenvalue weighted by molar-refractivity contribution is -0.118. The molecule has 11 heteroatoms. The quantitative estimate of drug-likeness (QED) is 0.688. The van der Waals surface area contributed by atoms with Gasteiger partial charge in [-0.25, -0.2) is 4.39 Å². The van der Waals surface area contributed by atoms with E-state index < -0.39 is 11.9 Å². The number of anilines is 1. The molecule has 138 valence electrons. The second kappa shape index (κ2) is 8.02. The molecule has 1 unspecified atom stereocenters. The summed E-state index contributed by atoms with van der Waals surface area (Å²) >= 11 is 0. The summed E-state index contributed by atoms with van der Waals surface area (Å²) in [5.41, 5.74) is 1.31. The van der Waals surface area contributed by atoms with Crippen LogP contribution in [0.1, 0.15) is 17.4 Å². The van der Waals surface area contributed by atoms with Gasteiger partial charge in [-0.05, 0) is 42.6 Å². The lowest BCUT2D eigenvalue weighted by Gasteiger charge is -2.15. The highest BCUT2D eigenvalue weighted by Gasteiger charge is 2.21. The molecule has 2 N–H and O–H groups in total. The molecule has 2 aromatic heterocycles. The number of nitrogens with one attached hydrogen (secondary N) is 2. The van der Waals surface area contributed by atoms with Crippen LogP contribution in [-0.4, -0.2) is 42.9 Å². The smallest absolute Gasteiger partial charge is 0.246 e. The molecule has 3 aromatic rings. The fourth-order valence-corrected chi connectivity index (χ4v) is 2.46. The first-order valence-corrected chi connectivity index (χ1v) is 7.51. The maximum absolute atomic E-state index is 14.1. The number of amides is 1. The van der Waals surface area contributed by atoms with Crippen molar-refractivity contribution in [3.63, 3.8) is 0 Å². The highest BCUT2D eigenvalue weighted by Crippen LogP contribution is 2.20. The highest BCUT2D eigenvalue weighted by atomic mass is 35.5. The van der Waals surface area contributed by atoms with Crippen LogP contribution >= 0.6 is 12.4 Å². The number of halogens is 2. The normalized spacial score (nSPS) is 11.7. The Labute approximate surface area is 155 Å². The highest BCUT2D eigenvalue weighted by molar-refractivity contribution is 5.95. The summed E-state index contributed by atoms with van der Waals surface area (Å²) in [6, 6.07) is 3.63. The third-order valence-electron chi connectivity index (χ3n) is 3.68. The molecule has 0 aliphatic carbocycles. The van der Waals surface area contributed by atoms with Gasteiger partial charge >= 0.3 is 0 Å². The Hall–Kier alpha value is -2.85. The Balaban J connectivity index is 0.00000243. The second-order valence-corrected chi connectivity index (χ2v) is 5.46. The van der Waals surface area contributed by atoms with E-state index in [1.54, 1.807) is 38.1 Å². The third kappa shape index (κ3) is 3.86. The Bertz CT molecular complexity index is 909. The number of benzene rings is 1. The lowest BCUT2D eigenvalue weighted by atomic mass is 10.1. The number of likely N-dealkylation sites (N-methyl/N-ethyl adjacent to an activating group) is 1. The fraction of sp³-hybridized carbons (Fsp3) is 0.267. The number of aromatic nitrogens is 6. The molecule has 2 heterocycles. The van der Waals surface area contributed by atoms with Crippen molar-refractivity contribution < 1.29 is 9.18 Å². The van der Waals surface area contributed by atoms with Gasteiger partial charge in [0.2, 0.25) is 5.91 Å². The molecule has 0 saturated carbocycles. The number of rotatable bonds is 5. The molecule has 0 aliphatic heterocycles. The van der Waals surface area contributed by atoms with Crippen LogP contribution in [0.2, 0.25) is 0 Å². The van der Waals surface area contributed by atoms with Gasteiger partial charge in [-0.2, -0.15) is 9.78 Å². The largest absolute Gasteiger partial charge is 0.324 e. The number of carbonyl (C=O) groups excluding carboxylic acids is 1. The zero-order chi connectivity index (χ0) is 18.0. The third-order valence-corrected chi connectivity index (χ3v) is 3.68. The Morgan fingerprint density at radius 1 is 1.35 bits per heavy atom. The Morgan fingerprint density at radius 2 is 2.12 bits per heavy atom. The number of aryl methyl sites for hydroxylation is 2. The summed E-state index contributed by atoms with van der Waals surface area (Å²) in [5.74, 6) is -0.349. The van der Waals surface area contributed by atoms with Crippen LogP contribution < -0.4 is 10.6 Å². The van der Waals surface area contributed by atoms with Crippen molar-refractivity contribution in [3.8, 4) is 5.69 Å². The van der Waals surface area contributed by atoms with Gasteiger partial charge < -0.3 is 10.6 Å². The van der Waals surface area contributed by atoms with Gasteiger partial charge in [0.1, 0.15) is 17.5 Å². The number of carbonyl (C=O) groups is 1. The van der Waals surface area contributed by atoms with E-state index >= 15 is 0 Å². The molecular weight excluding hydrogens is 363 g/mol. The van der Waals surface area contributed by atoms with E-state index in [9.17, 15) is 9.18 Å². The van der Waals surface area contributed by atoms with Crippen LogP contribution in [0.15, 0.2) is 30.6 Å². The minimum Gasteiger partial charge on any atom is -0.324 e. The molecule has 26 heavy (non-hydrogen) atoms. The molecule has 9 nitrogen and oxygen atoms in total. The predicted octanol–water partition coefficient (Wildman–Crippen LogP) is 1.16. The van der Waals surface area contributed by atoms with E-state index in [2.05, 4.69) is 31.3 Å². The molecule has 0 fully saturated rings. The van der Waals surface area contributed by atoms with Gasteiger partial charge in [-0.15, -0.1) is 17.5 Å².